The van der Waals surface area contributed by atoms with Gasteiger partial charge in [-0.05, 0) is 24.3 Å². The van der Waals surface area contributed by atoms with E-state index < -0.39 is 6.10 Å². The maximum absolute atomic E-state index is 12.1. The van der Waals surface area contributed by atoms with Gasteiger partial charge in [0.05, 0.1) is 5.03 Å². The molecule has 2 aromatic rings. The Morgan fingerprint density at radius 1 is 1.23 bits per heavy atom. The molecule has 0 saturated heterocycles. The molecule has 3 rings (SSSR count). The van der Waals surface area contributed by atoms with Crippen LogP contribution in [0, 0.1) is 0 Å². The van der Waals surface area contributed by atoms with Crippen molar-refractivity contribution in [2.24, 2.45) is 0 Å². The van der Waals surface area contributed by atoms with Crippen LogP contribution in [0.3, 0.4) is 0 Å². The molecule has 0 saturated carbocycles. The van der Waals surface area contributed by atoms with Gasteiger partial charge in [0.25, 0.3) is 5.91 Å². The Hall–Kier alpha value is -2.21. The number of pyridine rings is 1. The SMILES string of the molecule is O=C(NCCSc1ccccn1)C1COc2ccccc2O1. The quantitative estimate of drug-likeness (QED) is 0.676. The number of carbonyl (C=O) groups excluding carboxylic acids is 1. The fraction of sp³-hybridized carbons (Fsp3) is 0.250. The summed E-state index contributed by atoms with van der Waals surface area (Å²) in [5.74, 6) is 1.89. The highest BCUT2D eigenvalue weighted by Gasteiger charge is 2.26. The van der Waals surface area contributed by atoms with Crippen molar-refractivity contribution >= 4 is 17.7 Å². The molecule has 6 heteroatoms. The smallest absolute Gasteiger partial charge is 0.264 e. The molecule has 5 nitrogen and oxygen atoms in total. The fourth-order valence-electron chi connectivity index (χ4n) is 2.02. The van der Waals surface area contributed by atoms with Gasteiger partial charge in [0.1, 0.15) is 6.61 Å². The van der Waals surface area contributed by atoms with Crippen molar-refractivity contribution in [1.82, 2.24) is 10.3 Å². The van der Waals surface area contributed by atoms with Crippen LogP contribution in [0.5, 0.6) is 11.5 Å². The number of rotatable bonds is 5. The predicted octanol–water partition coefficient (Wildman–Crippen LogP) is 2.13. The van der Waals surface area contributed by atoms with Gasteiger partial charge in [0.2, 0.25) is 6.10 Å². The summed E-state index contributed by atoms with van der Waals surface area (Å²) in [5, 5.41) is 3.81. The normalized spacial score (nSPS) is 16.1. The van der Waals surface area contributed by atoms with Crippen LogP contribution in [-0.4, -0.2) is 35.9 Å². The number of para-hydroxylation sites is 2. The van der Waals surface area contributed by atoms with Crippen molar-refractivity contribution in [3.8, 4) is 11.5 Å². The van der Waals surface area contributed by atoms with E-state index in [4.69, 9.17) is 9.47 Å². The zero-order chi connectivity index (χ0) is 15.2. The van der Waals surface area contributed by atoms with E-state index in [0.29, 0.717) is 18.0 Å². The van der Waals surface area contributed by atoms with Crippen molar-refractivity contribution in [2.75, 3.05) is 18.9 Å². The van der Waals surface area contributed by atoms with Crippen LogP contribution in [0.25, 0.3) is 0 Å². The second-order valence-corrected chi connectivity index (χ2v) is 5.79. The first-order valence-corrected chi connectivity index (χ1v) is 8.01. The van der Waals surface area contributed by atoms with Gasteiger partial charge in [0.15, 0.2) is 11.5 Å². The molecule has 0 fully saturated rings. The van der Waals surface area contributed by atoms with E-state index in [0.717, 1.165) is 10.8 Å². The molecule has 114 valence electrons. The third-order valence-corrected chi connectivity index (χ3v) is 4.04. The molecule has 2 heterocycles. The van der Waals surface area contributed by atoms with Crippen LogP contribution in [0.1, 0.15) is 0 Å². The molecular formula is C16H16N2O3S. The monoisotopic (exact) mass is 316 g/mol. The summed E-state index contributed by atoms with van der Waals surface area (Å²) < 4.78 is 11.2. The molecule has 0 bridgehead atoms. The number of hydrogen-bond acceptors (Lipinski definition) is 5. The van der Waals surface area contributed by atoms with Crippen molar-refractivity contribution in [3.05, 3.63) is 48.7 Å². The average Bonchev–Trinajstić information content (AvgIpc) is 2.59. The first-order chi connectivity index (χ1) is 10.8. The number of carbonyl (C=O) groups is 1. The molecule has 1 aromatic carbocycles. The number of amides is 1. The summed E-state index contributed by atoms with van der Waals surface area (Å²) in [7, 11) is 0. The van der Waals surface area contributed by atoms with E-state index in [-0.39, 0.29) is 12.5 Å². The Morgan fingerprint density at radius 2 is 2.05 bits per heavy atom. The third kappa shape index (κ3) is 3.71. The molecule has 0 aliphatic carbocycles. The van der Waals surface area contributed by atoms with Crippen molar-refractivity contribution in [1.29, 1.82) is 0 Å². The fourth-order valence-corrected chi connectivity index (χ4v) is 2.75. The van der Waals surface area contributed by atoms with Gasteiger partial charge < -0.3 is 14.8 Å². The number of aromatic nitrogens is 1. The lowest BCUT2D eigenvalue weighted by atomic mass is 10.2. The van der Waals surface area contributed by atoms with Crippen LogP contribution >= 0.6 is 11.8 Å². The van der Waals surface area contributed by atoms with Gasteiger partial charge in [-0.25, -0.2) is 4.98 Å². The Balaban J connectivity index is 1.43. The van der Waals surface area contributed by atoms with Crippen molar-refractivity contribution in [3.63, 3.8) is 0 Å². The Labute approximate surface area is 133 Å². The van der Waals surface area contributed by atoms with Crippen molar-refractivity contribution in [2.45, 2.75) is 11.1 Å². The summed E-state index contributed by atoms with van der Waals surface area (Å²) in [6.45, 7) is 0.789. The molecule has 1 N–H and O–H groups in total. The second kappa shape index (κ2) is 7.17. The lowest BCUT2D eigenvalue weighted by Gasteiger charge is -2.25. The number of benzene rings is 1. The van der Waals surface area contributed by atoms with Gasteiger partial charge in [-0.2, -0.15) is 0 Å². The van der Waals surface area contributed by atoms with Crippen LogP contribution in [0.4, 0.5) is 0 Å². The maximum atomic E-state index is 12.1. The lowest BCUT2D eigenvalue weighted by Crippen LogP contribution is -2.44. The van der Waals surface area contributed by atoms with E-state index in [1.165, 1.54) is 0 Å². The second-order valence-electron chi connectivity index (χ2n) is 4.67. The van der Waals surface area contributed by atoms with E-state index in [1.807, 2.05) is 36.4 Å². The van der Waals surface area contributed by atoms with Gasteiger partial charge >= 0.3 is 0 Å². The summed E-state index contributed by atoms with van der Waals surface area (Å²) in [5.41, 5.74) is 0. The van der Waals surface area contributed by atoms with E-state index >= 15 is 0 Å². The van der Waals surface area contributed by atoms with E-state index in [9.17, 15) is 4.79 Å². The maximum Gasteiger partial charge on any atom is 0.264 e. The summed E-state index contributed by atoms with van der Waals surface area (Å²) in [6, 6.07) is 13.1. The number of nitrogens with one attached hydrogen (secondary N) is 1. The van der Waals surface area contributed by atoms with Crippen molar-refractivity contribution < 1.29 is 14.3 Å². The summed E-state index contributed by atoms with van der Waals surface area (Å²) in [4.78, 5) is 16.3. The van der Waals surface area contributed by atoms with Gasteiger partial charge in [-0.15, -0.1) is 11.8 Å². The molecule has 1 atom stereocenters. The van der Waals surface area contributed by atoms with Crippen LogP contribution in [-0.2, 0) is 4.79 Å². The lowest BCUT2D eigenvalue weighted by molar-refractivity contribution is -0.130. The van der Waals surface area contributed by atoms with Gasteiger partial charge in [-0.3, -0.25) is 4.79 Å². The number of hydrogen-bond donors (Lipinski definition) is 1. The van der Waals surface area contributed by atoms with E-state index in [1.54, 1.807) is 24.0 Å². The molecule has 1 amide bonds. The highest BCUT2D eigenvalue weighted by molar-refractivity contribution is 7.99. The number of fused-ring (bicyclic) bond motifs is 1. The van der Waals surface area contributed by atoms with Crippen LogP contribution in [0.2, 0.25) is 0 Å². The topological polar surface area (TPSA) is 60.5 Å². The Kier molecular flexibility index (Phi) is 4.80. The van der Waals surface area contributed by atoms with E-state index in [2.05, 4.69) is 10.3 Å². The summed E-state index contributed by atoms with van der Waals surface area (Å²) in [6.07, 6.45) is 1.15. The molecule has 0 spiro atoms. The number of ether oxygens (including phenoxy) is 2. The molecule has 1 aliphatic heterocycles. The Morgan fingerprint density at radius 3 is 2.86 bits per heavy atom. The first kappa shape index (κ1) is 14.7. The number of nitrogens with zero attached hydrogens (tertiary/aromatic N) is 1. The van der Waals surface area contributed by atoms with Gasteiger partial charge in [-0.1, -0.05) is 18.2 Å². The average molecular weight is 316 g/mol. The number of thioether (sulfide) groups is 1. The minimum Gasteiger partial charge on any atom is -0.485 e. The molecule has 0 radical (unpaired) electrons. The third-order valence-electron chi connectivity index (χ3n) is 3.09. The highest BCUT2D eigenvalue weighted by atomic mass is 32.2. The molecule has 1 unspecified atom stereocenters. The highest BCUT2D eigenvalue weighted by Crippen LogP contribution is 2.30. The molecule has 1 aliphatic rings. The predicted molar refractivity (Wildman–Crippen MR) is 84.3 cm³/mol. The van der Waals surface area contributed by atoms with Gasteiger partial charge in [0, 0.05) is 18.5 Å². The molecule has 1 aromatic heterocycles. The first-order valence-electron chi connectivity index (χ1n) is 7.03. The van der Waals surface area contributed by atoms with Crippen LogP contribution < -0.4 is 14.8 Å². The van der Waals surface area contributed by atoms with Crippen LogP contribution in [0.15, 0.2) is 53.7 Å². The minimum atomic E-state index is -0.602. The minimum absolute atomic E-state index is 0.156. The molecule has 22 heavy (non-hydrogen) atoms. The largest absolute Gasteiger partial charge is 0.485 e. The zero-order valence-corrected chi connectivity index (χ0v) is 12.7. The Bertz CT molecular complexity index is 636. The molecular weight excluding hydrogens is 300 g/mol. The summed E-state index contributed by atoms with van der Waals surface area (Å²) >= 11 is 1.60. The standard InChI is InChI=1S/C16H16N2O3S/c19-16(18-9-10-22-15-7-3-4-8-17-15)14-11-20-12-5-1-2-6-13(12)21-14/h1-8,14H,9-11H2,(H,18,19). The zero-order valence-electron chi connectivity index (χ0n) is 11.9.